The molecule has 5 atom stereocenters. The van der Waals surface area contributed by atoms with E-state index in [1.54, 1.807) is 18.2 Å². The fourth-order valence-corrected chi connectivity index (χ4v) is 7.89. The Morgan fingerprint density at radius 2 is 1.93 bits per heavy atom. The largest absolute Gasteiger partial charge is 0.340 e. The summed E-state index contributed by atoms with van der Waals surface area (Å²) < 4.78 is 1.23. The van der Waals surface area contributed by atoms with Gasteiger partial charge < -0.3 is 20.5 Å². The van der Waals surface area contributed by atoms with E-state index in [1.165, 1.54) is 11.0 Å². The minimum absolute atomic E-state index is 0.210. The van der Waals surface area contributed by atoms with Crippen LogP contribution in [0.5, 0.6) is 0 Å². The topological polar surface area (TPSA) is 94.5 Å². The van der Waals surface area contributed by atoms with Gasteiger partial charge in [-0.05, 0) is 85.3 Å². The number of rotatable bonds is 5. The molecule has 3 saturated carbocycles. The van der Waals surface area contributed by atoms with Crippen molar-refractivity contribution in [3.05, 3.63) is 72.8 Å². The average Bonchev–Trinajstić information content (AvgIpc) is 2.94. The van der Waals surface area contributed by atoms with Gasteiger partial charge in [0.25, 0.3) is 5.56 Å². The van der Waals surface area contributed by atoms with E-state index in [-0.39, 0.29) is 18.1 Å². The predicted molar refractivity (Wildman–Crippen MR) is 172 cm³/mol. The van der Waals surface area contributed by atoms with Crippen LogP contribution in [0.15, 0.2) is 51.0 Å². The lowest BCUT2D eigenvalue weighted by molar-refractivity contribution is -0.108. The van der Waals surface area contributed by atoms with Gasteiger partial charge in [0.2, 0.25) is 0 Å². The Balaban J connectivity index is 1.27. The summed E-state index contributed by atoms with van der Waals surface area (Å²) in [6, 6.07) is 11.4. The number of anilines is 1. The third-order valence-electron chi connectivity index (χ3n) is 10.1. The van der Waals surface area contributed by atoms with Gasteiger partial charge in [0.1, 0.15) is 0 Å². The molecule has 3 N–H and O–H groups in total. The van der Waals surface area contributed by atoms with Crippen molar-refractivity contribution in [2.75, 3.05) is 25.0 Å². The summed E-state index contributed by atoms with van der Waals surface area (Å²) in [5, 5.41) is 8.62. The summed E-state index contributed by atoms with van der Waals surface area (Å²) in [6.07, 6.45) is 2.87. The molecule has 7 rings (SSSR count). The molecule has 10 heteroatoms. The molecule has 3 aliphatic carbocycles. The number of benzene rings is 2. The fraction of sp³-hybridized carbons (Fsp3) is 0.531. The zero-order valence-corrected chi connectivity index (χ0v) is 26.2. The van der Waals surface area contributed by atoms with Gasteiger partial charge in [-0.1, -0.05) is 50.0 Å². The van der Waals surface area contributed by atoms with Gasteiger partial charge in [-0.3, -0.25) is 9.36 Å². The number of H-pyrrole nitrogens is 1. The lowest BCUT2D eigenvalue weighted by Gasteiger charge is -2.61. The Hall–Kier alpha value is -2.81. The fourth-order valence-electron chi connectivity index (χ4n) is 7.39. The number of piperazine rings is 1. The molecular weight excluding hydrogens is 571 g/mol. The van der Waals surface area contributed by atoms with Crippen molar-refractivity contribution in [2.45, 2.75) is 65.6 Å². The summed E-state index contributed by atoms with van der Waals surface area (Å²) in [5.41, 5.74) is 1.75. The number of aromatic nitrogens is 2. The summed E-state index contributed by atoms with van der Waals surface area (Å²) in [5.74, 6) is 2.82. The number of aromatic amines is 1. The molecule has 0 unspecified atom stereocenters. The maximum Gasteiger partial charge on any atom is 0.328 e. The number of hydrogen-bond acceptors (Lipinski definition) is 4. The van der Waals surface area contributed by atoms with E-state index in [2.05, 4.69) is 48.2 Å². The molecule has 1 aromatic heterocycles. The highest BCUT2D eigenvalue weighted by Crippen LogP contribution is 2.61. The number of aliphatic imine (C=N–C) groups is 1. The second kappa shape index (κ2) is 11.4. The lowest BCUT2D eigenvalue weighted by atomic mass is 9.45. The van der Waals surface area contributed by atoms with Crippen LogP contribution in [0.2, 0.25) is 10.0 Å². The molecule has 0 radical (unpaired) electrons. The molecule has 4 aliphatic rings. The number of guanidine groups is 1. The maximum atomic E-state index is 13.3. The van der Waals surface area contributed by atoms with E-state index >= 15 is 0 Å². The first-order valence-corrected chi connectivity index (χ1v) is 15.8. The van der Waals surface area contributed by atoms with Crippen LogP contribution in [0, 0.1) is 23.2 Å². The second-order valence-corrected chi connectivity index (χ2v) is 13.9. The third-order valence-corrected chi connectivity index (χ3v) is 10.7. The SMILES string of the molecule is C[C@@H]1[C@@H](/N=C(/Nc2ccc3c(=O)n(CCc4ccc(Cl)cc4Cl)c(=O)[nH]c3c2)N2CCN[C@@H](C)C2)C[C@H]2C[C@@H]1C2(C)C. The van der Waals surface area contributed by atoms with Crippen molar-refractivity contribution in [3.8, 4) is 0 Å². The first-order valence-electron chi connectivity index (χ1n) is 15.0. The van der Waals surface area contributed by atoms with Gasteiger partial charge in [0.05, 0.1) is 16.9 Å². The van der Waals surface area contributed by atoms with E-state index in [0.29, 0.717) is 50.7 Å². The van der Waals surface area contributed by atoms with Crippen molar-refractivity contribution in [3.63, 3.8) is 0 Å². The molecule has 2 aromatic carbocycles. The number of nitrogens with one attached hydrogen (secondary N) is 3. The molecule has 4 fully saturated rings. The zero-order chi connectivity index (χ0) is 29.8. The molecular formula is C32H40Cl2N6O2. The molecule has 0 amide bonds. The highest BCUT2D eigenvalue weighted by molar-refractivity contribution is 6.35. The van der Waals surface area contributed by atoms with Gasteiger partial charge in [-0.25, -0.2) is 9.79 Å². The molecule has 224 valence electrons. The maximum absolute atomic E-state index is 13.3. The van der Waals surface area contributed by atoms with Gasteiger partial charge >= 0.3 is 5.69 Å². The Kier molecular flexibility index (Phi) is 7.92. The van der Waals surface area contributed by atoms with E-state index in [0.717, 1.165) is 49.2 Å². The zero-order valence-electron chi connectivity index (χ0n) is 24.7. The number of halogens is 2. The summed E-state index contributed by atoms with van der Waals surface area (Å²) >= 11 is 12.3. The van der Waals surface area contributed by atoms with E-state index in [4.69, 9.17) is 28.2 Å². The van der Waals surface area contributed by atoms with Crippen LogP contribution in [0.1, 0.15) is 46.1 Å². The first-order chi connectivity index (χ1) is 20.0. The highest BCUT2D eigenvalue weighted by atomic mass is 35.5. The van der Waals surface area contributed by atoms with Gasteiger partial charge in [0.15, 0.2) is 5.96 Å². The van der Waals surface area contributed by atoms with Crippen molar-refractivity contribution >= 4 is 45.8 Å². The number of aryl methyl sites for hydroxylation is 1. The van der Waals surface area contributed by atoms with Crippen LogP contribution in [-0.2, 0) is 13.0 Å². The minimum Gasteiger partial charge on any atom is -0.340 e. The first kappa shape index (κ1) is 29.3. The van der Waals surface area contributed by atoms with Gasteiger partial charge in [0, 0.05) is 48.0 Å². The normalized spacial score (nSPS) is 27.1. The van der Waals surface area contributed by atoms with Crippen molar-refractivity contribution in [2.24, 2.45) is 28.2 Å². The van der Waals surface area contributed by atoms with Crippen LogP contribution in [0.3, 0.4) is 0 Å². The Morgan fingerprint density at radius 3 is 2.64 bits per heavy atom. The Bertz CT molecular complexity index is 1650. The second-order valence-electron chi connectivity index (χ2n) is 13.0. The molecule has 2 bridgehead atoms. The highest BCUT2D eigenvalue weighted by Gasteiger charge is 2.56. The third kappa shape index (κ3) is 5.49. The predicted octanol–water partition coefficient (Wildman–Crippen LogP) is 5.37. The van der Waals surface area contributed by atoms with Crippen molar-refractivity contribution < 1.29 is 0 Å². The Labute approximate surface area is 256 Å². The number of hydrogen-bond donors (Lipinski definition) is 3. The van der Waals surface area contributed by atoms with Gasteiger partial charge in [-0.15, -0.1) is 0 Å². The standard InChI is InChI=1S/C32H40Cl2N6O2/c1-18-17-39(12-10-35-18)30(37-27-14-21-13-25(19(27)2)32(21,3)4)36-23-7-8-24-28(16-23)38-31(42)40(29(24)41)11-9-20-5-6-22(33)15-26(20)34/h5-8,15-16,18-19,21,25,27,35H,9-14,17H2,1-4H3,(H,36,37)(H,38,42)/t18-,19-,21+,25-,27-/m0/s1. The van der Waals surface area contributed by atoms with Crippen LogP contribution >= 0.6 is 23.2 Å². The molecule has 2 heterocycles. The molecule has 1 aliphatic heterocycles. The summed E-state index contributed by atoms with van der Waals surface area (Å²) in [6.45, 7) is 12.2. The van der Waals surface area contributed by atoms with Gasteiger partial charge in [-0.2, -0.15) is 0 Å². The quantitative estimate of drug-likeness (QED) is 0.267. The molecule has 8 nitrogen and oxygen atoms in total. The average molecular weight is 612 g/mol. The Morgan fingerprint density at radius 1 is 1.12 bits per heavy atom. The van der Waals surface area contributed by atoms with E-state index < -0.39 is 5.69 Å². The lowest BCUT2D eigenvalue weighted by Crippen LogP contribution is -2.57. The number of nitrogens with zero attached hydrogens (tertiary/aromatic N) is 3. The molecule has 42 heavy (non-hydrogen) atoms. The number of fused-ring (bicyclic) bond motifs is 3. The van der Waals surface area contributed by atoms with E-state index in [9.17, 15) is 9.59 Å². The molecule has 1 saturated heterocycles. The summed E-state index contributed by atoms with van der Waals surface area (Å²) in [4.78, 5) is 37.0. The van der Waals surface area contributed by atoms with Crippen LogP contribution < -0.4 is 21.9 Å². The summed E-state index contributed by atoms with van der Waals surface area (Å²) in [7, 11) is 0. The van der Waals surface area contributed by atoms with Crippen LogP contribution in [0.4, 0.5) is 5.69 Å². The monoisotopic (exact) mass is 610 g/mol. The van der Waals surface area contributed by atoms with Crippen molar-refractivity contribution in [1.29, 1.82) is 0 Å². The molecule has 0 spiro atoms. The van der Waals surface area contributed by atoms with Crippen LogP contribution in [0.25, 0.3) is 10.9 Å². The van der Waals surface area contributed by atoms with Crippen LogP contribution in [-0.4, -0.2) is 52.1 Å². The molecule has 3 aromatic rings. The van der Waals surface area contributed by atoms with Crippen molar-refractivity contribution in [1.82, 2.24) is 19.8 Å². The van der Waals surface area contributed by atoms with E-state index in [1.807, 2.05) is 18.2 Å². The smallest absolute Gasteiger partial charge is 0.328 e. The minimum atomic E-state index is -0.447.